The molecule has 5 aromatic carbocycles. The Labute approximate surface area is 250 Å². The molecule has 43 heavy (non-hydrogen) atoms. The predicted molar refractivity (Wildman–Crippen MR) is 163 cm³/mol. The number of anilines is 1. The van der Waals surface area contributed by atoms with Crippen LogP contribution in [0, 0.1) is 0 Å². The van der Waals surface area contributed by atoms with E-state index in [9.17, 15) is 18.0 Å². The Hall–Kier alpha value is -5.41. The van der Waals surface area contributed by atoms with Gasteiger partial charge in [-0.1, -0.05) is 78.9 Å². The van der Waals surface area contributed by atoms with Crippen LogP contribution >= 0.6 is 0 Å². The van der Waals surface area contributed by atoms with Crippen LogP contribution in [0.4, 0.5) is 5.69 Å². The van der Waals surface area contributed by atoms with Gasteiger partial charge in [0, 0.05) is 11.1 Å². The molecule has 0 spiro atoms. The number of rotatable bonds is 11. The molecule has 0 aliphatic rings. The molecule has 0 aromatic heterocycles. The highest BCUT2D eigenvalue weighted by Gasteiger charge is 2.23. The Balaban J connectivity index is 1.23. The zero-order valence-electron chi connectivity index (χ0n) is 23.0. The maximum absolute atomic E-state index is 13.2. The summed E-state index contributed by atoms with van der Waals surface area (Å²) in [6.45, 7) is 0.685. The van der Waals surface area contributed by atoms with Gasteiger partial charge in [0.15, 0.2) is 0 Å². The molecular weight excluding hydrogens is 564 g/mol. The third-order valence-electron chi connectivity index (χ3n) is 6.36. The van der Waals surface area contributed by atoms with Crippen LogP contribution in [0.5, 0.6) is 11.5 Å². The van der Waals surface area contributed by atoms with Crippen molar-refractivity contribution in [3.8, 4) is 11.5 Å². The second kappa shape index (κ2) is 13.5. The van der Waals surface area contributed by atoms with Gasteiger partial charge in [-0.05, 0) is 65.7 Å². The Morgan fingerprint density at radius 2 is 1.14 bits per heavy atom. The molecule has 2 N–H and O–H groups in total. The van der Waals surface area contributed by atoms with Gasteiger partial charge < -0.3 is 14.8 Å². The molecule has 0 unspecified atom stereocenters. The lowest BCUT2D eigenvalue weighted by Crippen LogP contribution is -2.31. The van der Waals surface area contributed by atoms with E-state index in [1.165, 1.54) is 30.3 Å². The highest BCUT2D eigenvalue weighted by molar-refractivity contribution is 7.90. The van der Waals surface area contributed by atoms with E-state index < -0.39 is 21.8 Å². The average Bonchev–Trinajstić information content (AvgIpc) is 3.04. The van der Waals surface area contributed by atoms with Gasteiger partial charge in [-0.25, -0.2) is 13.1 Å². The smallest absolute Gasteiger partial charge is 0.266 e. The lowest BCUT2D eigenvalue weighted by atomic mass is 10.2. The van der Waals surface area contributed by atoms with Crippen molar-refractivity contribution < 1.29 is 27.5 Å². The predicted octanol–water partition coefficient (Wildman–Crippen LogP) is 6.22. The summed E-state index contributed by atoms with van der Waals surface area (Å²) in [6, 6.07) is 37.8. The summed E-state index contributed by atoms with van der Waals surface area (Å²) in [7, 11) is -4.34. The van der Waals surface area contributed by atoms with Gasteiger partial charge in [0.1, 0.15) is 29.6 Å². The van der Waals surface area contributed by atoms with Crippen molar-refractivity contribution >= 4 is 27.5 Å². The van der Waals surface area contributed by atoms with Gasteiger partial charge in [0.25, 0.3) is 21.8 Å². The zero-order chi connectivity index (χ0) is 30.1. The third-order valence-corrected chi connectivity index (χ3v) is 7.75. The molecule has 0 saturated carbocycles. The van der Waals surface area contributed by atoms with Gasteiger partial charge in [0.2, 0.25) is 0 Å². The van der Waals surface area contributed by atoms with Gasteiger partial charge in [-0.3, -0.25) is 9.59 Å². The molecular formula is C34H28N2O6S. The molecule has 8 nitrogen and oxygen atoms in total. The molecule has 9 heteroatoms. The first-order valence-corrected chi connectivity index (χ1v) is 14.9. The second-order valence-electron chi connectivity index (χ2n) is 9.49. The Bertz CT molecular complexity index is 1810. The molecule has 0 atom stereocenters. The fourth-order valence-corrected chi connectivity index (χ4v) is 5.28. The van der Waals surface area contributed by atoms with Gasteiger partial charge in [-0.2, -0.15) is 0 Å². The highest BCUT2D eigenvalue weighted by atomic mass is 32.2. The van der Waals surface area contributed by atoms with E-state index in [-0.39, 0.29) is 21.7 Å². The molecule has 0 aliphatic carbocycles. The number of hydrogen-bond acceptors (Lipinski definition) is 6. The van der Waals surface area contributed by atoms with Crippen LogP contribution in [0.15, 0.2) is 138 Å². The van der Waals surface area contributed by atoms with Crippen LogP contribution in [0.2, 0.25) is 0 Å². The average molecular weight is 593 g/mol. The maximum atomic E-state index is 13.2. The third kappa shape index (κ3) is 7.87. The standard InChI is InChI=1S/C34H28N2O6S/c37-33(28-14-9-15-30(22-28)42-24-26-12-5-2-6-13-26)35-31-16-7-8-17-32(31)43(39,40)36-34(38)27-18-20-29(21-19-27)41-23-25-10-3-1-4-11-25/h1-22H,23-24H2,(H,35,37)(H,36,38). The van der Waals surface area contributed by atoms with Crippen LogP contribution in [-0.4, -0.2) is 20.2 Å². The Morgan fingerprint density at radius 3 is 1.79 bits per heavy atom. The molecule has 0 aliphatic heterocycles. The number of benzene rings is 5. The molecule has 0 fully saturated rings. The number of carbonyl (C=O) groups excluding carboxylic acids is 2. The molecule has 0 radical (unpaired) electrons. The number of hydrogen-bond donors (Lipinski definition) is 2. The second-order valence-corrected chi connectivity index (χ2v) is 11.1. The highest BCUT2D eigenvalue weighted by Crippen LogP contribution is 2.23. The molecule has 5 aromatic rings. The van der Waals surface area contributed by atoms with Crippen molar-refractivity contribution in [2.45, 2.75) is 18.1 Å². The summed E-state index contributed by atoms with van der Waals surface area (Å²) in [4.78, 5) is 25.7. The number of para-hydroxylation sites is 1. The molecule has 0 bridgehead atoms. The quantitative estimate of drug-likeness (QED) is 0.189. The number of amides is 2. The van der Waals surface area contributed by atoms with E-state index in [4.69, 9.17) is 9.47 Å². The topological polar surface area (TPSA) is 111 Å². The first-order valence-electron chi connectivity index (χ1n) is 13.4. The summed E-state index contributed by atoms with van der Waals surface area (Å²) < 4.78 is 40.1. The molecule has 0 heterocycles. The number of carbonyl (C=O) groups is 2. The fraction of sp³-hybridized carbons (Fsp3) is 0.0588. The lowest BCUT2D eigenvalue weighted by Gasteiger charge is -2.13. The summed E-state index contributed by atoms with van der Waals surface area (Å²) in [5.74, 6) is -0.337. The van der Waals surface area contributed by atoms with Crippen molar-refractivity contribution in [3.05, 3.63) is 156 Å². The minimum absolute atomic E-state index is 0.0214. The van der Waals surface area contributed by atoms with Crippen LogP contribution in [-0.2, 0) is 23.2 Å². The number of sulfonamides is 1. The first kappa shape index (κ1) is 29.1. The number of ether oxygens (including phenoxy) is 2. The normalized spacial score (nSPS) is 10.9. The van der Waals surface area contributed by atoms with Gasteiger partial charge >= 0.3 is 0 Å². The van der Waals surface area contributed by atoms with Crippen molar-refractivity contribution in [3.63, 3.8) is 0 Å². The molecule has 216 valence electrons. The molecule has 5 rings (SSSR count). The SMILES string of the molecule is O=C(Nc1ccccc1S(=O)(=O)NC(=O)c1ccc(OCc2ccccc2)cc1)c1cccc(OCc2ccccc2)c1. The van der Waals surface area contributed by atoms with Crippen molar-refractivity contribution in [2.24, 2.45) is 0 Å². The largest absolute Gasteiger partial charge is 0.489 e. The van der Waals surface area contributed by atoms with E-state index in [1.54, 1.807) is 42.5 Å². The zero-order valence-corrected chi connectivity index (χ0v) is 23.8. The van der Waals surface area contributed by atoms with Gasteiger partial charge in [0.05, 0.1) is 5.69 Å². The van der Waals surface area contributed by atoms with E-state index in [0.29, 0.717) is 24.7 Å². The summed E-state index contributed by atoms with van der Waals surface area (Å²) in [6.07, 6.45) is 0. The van der Waals surface area contributed by atoms with Crippen LogP contribution in [0.1, 0.15) is 31.8 Å². The van der Waals surface area contributed by atoms with E-state index >= 15 is 0 Å². The molecule has 0 saturated heterocycles. The minimum atomic E-state index is -4.34. The van der Waals surface area contributed by atoms with Crippen LogP contribution < -0.4 is 19.5 Å². The minimum Gasteiger partial charge on any atom is -0.489 e. The first-order chi connectivity index (χ1) is 20.9. The maximum Gasteiger partial charge on any atom is 0.266 e. The van der Waals surface area contributed by atoms with E-state index in [2.05, 4.69) is 10.0 Å². The Kier molecular flexibility index (Phi) is 9.14. The fourth-order valence-electron chi connectivity index (χ4n) is 4.15. The number of nitrogens with one attached hydrogen (secondary N) is 2. The monoisotopic (exact) mass is 592 g/mol. The summed E-state index contributed by atoms with van der Waals surface area (Å²) in [5.41, 5.74) is 2.39. The summed E-state index contributed by atoms with van der Waals surface area (Å²) >= 11 is 0. The summed E-state index contributed by atoms with van der Waals surface area (Å²) in [5, 5.41) is 2.64. The van der Waals surface area contributed by atoms with Crippen molar-refractivity contribution in [2.75, 3.05) is 5.32 Å². The molecule has 2 amide bonds. The van der Waals surface area contributed by atoms with Gasteiger partial charge in [-0.15, -0.1) is 0 Å². The van der Waals surface area contributed by atoms with E-state index in [0.717, 1.165) is 11.1 Å². The van der Waals surface area contributed by atoms with E-state index in [1.807, 2.05) is 60.7 Å². The van der Waals surface area contributed by atoms with Crippen LogP contribution in [0.3, 0.4) is 0 Å². The van der Waals surface area contributed by atoms with Crippen LogP contribution in [0.25, 0.3) is 0 Å². The van der Waals surface area contributed by atoms with Crippen molar-refractivity contribution in [1.29, 1.82) is 0 Å². The Morgan fingerprint density at radius 1 is 0.558 bits per heavy atom. The lowest BCUT2D eigenvalue weighted by molar-refractivity contribution is 0.0980. The van der Waals surface area contributed by atoms with Crippen molar-refractivity contribution in [1.82, 2.24) is 4.72 Å².